The third-order valence-electron chi connectivity index (χ3n) is 4.14. The molecule has 4 heteroatoms. The van der Waals surface area contributed by atoms with E-state index in [1.165, 1.54) is 23.4 Å². The summed E-state index contributed by atoms with van der Waals surface area (Å²) >= 11 is 0. The van der Waals surface area contributed by atoms with Gasteiger partial charge in [-0.1, -0.05) is 0 Å². The molecule has 2 heterocycles. The highest BCUT2D eigenvalue weighted by atomic mass is 16.5. The molecule has 2 aromatic rings. The van der Waals surface area contributed by atoms with Gasteiger partial charge in [0.2, 0.25) is 0 Å². The lowest BCUT2D eigenvalue weighted by atomic mass is 9.91. The Morgan fingerprint density at radius 1 is 1.36 bits per heavy atom. The molecule has 22 heavy (non-hydrogen) atoms. The van der Waals surface area contributed by atoms with Crippen molar-refractivity contribution in [1.29, 1.82) is 0 Å². The fourth-order valence-corrected chi connectivity index (χ4v) is 3.03. The number of benzene rings is 1. The number of rotatable bonds is 4. The Morgan fingerprint density at radius 2 is 2.18 bits per heavy atom. The van der Waals surface area contributed by atoms with Crippen LogP contribution in [-0.4, -0.2) is 18.2 Å². The van der Waals surface area contributed by atoms with Crippen LogP contribution in [0, 0.1) is 0 Å². The zero-order chi connectivity index (χ0) is 15.7. The topological polar surface area (TPSA) is 48.7 Å². The summed E-state index contributed by atoms with van der Waals surface area (Å²) in [6, 6.07) is 3.98. The Hall–Kier alpha value is -1.97. The van der Waals surface area contributed by atoms with E-state index in [1.807, 2.05) is 18.4 Å². The third kappa shape index (κ3) is 2.96. The summed E-state index contributed by atoms with van der Waals surface area (Å²) in [7, 11) is 0. The van der Waals surface area contributed by atoms with Gasteiger partial charge in [0.15, 0.2) is 0 Å². The van der Waals surface area contributed by atoms with E-state index in [2.05, 4.69) is 13.8 Å². The van der Waals surface area contributed by atoms with Gasteiger partial charge >= 0.3 is 5.97 Å². The Labute approximate surface area is 130 Å². The van der Waals surface area contributed by atoms with E-state index in [1.54, 1.807) is 0 Å². The van der Waals surface area contributed by atoms with Gasteiger partial charge in [-0.2, -0.15) is 0 Å². The molecule has 0 amide bonds. The zero-order valence-corrected chi connectivity index (χ0v) is 13.4. The molecule has 0 radical (unpaired) electrons. The maximum atomic E-state index is 10.8. The molecule has 0 saturated heterocycles. The molecule has 1 aliphatic heterocycles. The van der Waals surface area contributed by atoms with Crippen molar-refractivity contribution in [2.45, 2.75) is 52.1 Å². The predicted octanol–water partition coefficient (Wildman–Crippen LogP) is 4.03. The highest BCUT2D eigenvalue weighted by molar-refractivity contribution is 5.87. The van der Waals surface area contributed by atoms with Crippen molar-refractivity contribution in [3.8, 4) is 5.75 Å². The maximum absolute atomic E-state index is 10.8. The van der Waals surface area contributed by atoms with Crippen LogP contribution in [0.5, 0.6) is 5.75 Å². The summed E-state index contributed by atoms with van der Waals surface area (Å²) in [5.41, 5.74) is 3.21. The first kappa shape index (κ1) is 14.9. The molecular weight excluding hydrogens is 280 g/mol. The third-order valence-corrected chi connectivity index (χ3v) is 4.14. The number of furan rings is 1. The summed E-state index contributed by atoms with van der Waals surface area (Å²) < 4.78 is 16.8. The van der Waals surface area contributed by atoms with E-state index in [4.69, 9.17) is 13.9 Å². The lowest BCUT2D eigenvalue weighted by Gasteiger charge is -2.32. The van der Waals surface area contributed by atoms with E-state index in [-0.39, 0.29) is 11.6 Å². The average Bonchev–Trinajstić information content (AvgIpc) is 2.85. The van der Waals surface area contributed by atoms with Crippen molar-refractivity contribution in [1.82, 2.24) is 0 Å². The fourth-order valence-electron chi connectivity index (χ4n) is 3.03. The lowest BCUT2D eigenvalue weighted by Crippen LogP contribution is -2.32. The largest absolute Gasteiger partial charge is 0.488 e. The van der Waals surface area contributed by atoms with Crippen molar-refractivity contribution >= 4 is 16.9 Å². The SMILES string of the molecule is CC(=O)OCCCc1coc2ccc3c(c12)CCC(C)(C)O3. The number of hydrogen-bond acceptors (Lipinski definition) is 4. The van der Waals surface area contributed by atoms with Gasteiger partial charge in [-0.25, -0.2) is 0 Å². The van der Waals surface area contributed by atoms with E-state index in [0.29, 0.717) is 6.61 Å². The van der Waals surface area contributed by atoms with E-state index in [0.717, 1.165) is 37.0 Å². The second-order valence-corrected chi connectivity index (χ2v) is 6.48. The van der Waals surface area contributed by atoms with Crippen LogP contribution in [0.3, 0.4) is 0 Å². The first-order valence-electron chi connectivity index (χ1n) is 7.81. The fraction of sp³-hybridized carbons (Fsp3) is 0.500. The van der Waals surface area contributed by atoms with Crippen molar-refractivity contribution in [3.63, 3.8) is 0 Å². The van der Waals surface area contributed by atoms with Gasteiger partial charge in [0.1, 0.15) is 16.9 Å². The standard InChI is InChI=1S/C18H22O4/c1-12(19)20-10-4-5-13-11-21-16-7-6-15-14(17(13)16)8-9-18(2,3)22-15/h6-7,11H,4-5,8-10H2,1-3H3. The molecule has 0 fully saturated rings. The molecule has 0 spiro atoms. The molecule has 4 nitrogen and oxygen atoms in total. The Bertz CT molecular complexity index is 696. The predicted molar refractivity (Wildman–Crippen MR) is 84.2 cm³/mol. The van der Waals surface area contributed by atoms with Crippen LogP contribution >= 0.6 is 0 Å². The zero-order valence-electron chi connectivity index (χ0n) is 13.4. The van der Waals surface area contributed by atoms with Crippen LogP contribution in [-0.2, 0) is 22.4 Å². The minimum absolute atomic E-state index is 0.111. The quantitative estimate of drug-likeness (QED) is 0.632. The minimum atomic E-state index is -0.231. The molecule has 0 aliphatic carbocycles. The van der Waals surface area contributed by atoms with Crippen molar-refractivity contribution in [3.05, 3.63) is 29.5 Å². The molecule has 1 aliphatic rings. The second-order valence-electron chi connectivity index (χ2n) is 6.48. The molecule has 3 rings (SSSR count). The van der Waals surface area contributed by atoms with Gasteiger partial charge in [0, 0.05) is 17.9 Å². The summed E-state index contributed by atoms with van der Waals surface area (Å²) in [5.74, 6) is 0.733. The molecule has 0 bridgehead atoms. The smallest absolute Gasteiger partial charge is 0.302 e. The van der Waals surface area contributed by atoms with E-state index < -0.39 is 0 Å². The number of fused-ring (bicyclic) bond motifs is 3. The van der Waals surface area contributed by atoms with E-state index in [9.17, 15) is 4.79 Å². The maximum Gasteiger partial charge on any atom is 0.302 e. The lowest BCUT2D eigenvalue weighted by molar-refractivity contribution is -0.141. The minimum Gasteiger partial charge on any atom is -0.488 e. The Kier molecular flexibility index (Phi) is 3.85. The summed E-state index contributed by atoms with van der Waals surface area (Å²) in [4.78, 5) is 10.8. The first-order valence-corrected chi connectivity index (χ1v) is 7.81. The monoisotopic (exact) mass is 302 g/mol. The molecule has 0 saturated carbocycles. The van der Waals surface area contributed by atoms with Gasteiger partial charge in [-0.05, 0) is 57.2 Å². The summed E-state index contributed by atoms with van der Waals surface area (Å²) in [6.07, 6.45) is 5.44. The molecular formula is C18H22O4. The number of hydrogen-bond donors (Lipinski definition) is 0. The summed E-state index contributed by atoms with van der Waals surface area (Å²) in [5, 5.41) is 1.18. The highest BCUT2D eigenvalue weighted by Gasteiger charge is 2.28. The Balaban J connectivity index is 1.85. The molecule has 1 aromatic heterocycles. The van der Waals surface area contributed by atoms with Gasteiger partial charge in [-0.3, -0.25) is 4.79 Å². The van der Waals surface area contributed by atoms with Crippen LogP contribution in [0.2, 0.25) is 0 Å². The van der Waals surface area contributed by atoms with Crippen LogP contribution < -0.4 is 4.74 Å². The molecule has 0 N–H and O–H groups in total. The van der Waals surface area contributed by atoms with Crippen LogP contribution in [0.4, 0.5) is 0 Å². The van der Waals surface area contributed by atoms with E-state index >= 15 is 0 Å². The van der Waals surface area contributed by atoms with Crippen molar-refractivity contribution in [2.24, 2.45) is 0 Å². The van der Waals surface area contributed by atoms with Crippen molar-refractivity contribution in [2.75, 3.05) is 6.61 Å². The number of ether oxygens (including phenoxy) is 2. The normalized spacial score (nSPS) is 16.1. The van der Waals surface area contributed by atoms with Gasteiger partial charge in [-0.15, -0.1) is 0 Å². The van der Waals surface area contributed by atoms with Crippen LogP contribution in [0.1, 0.15) is 44.7 Å². The second kappa shape index (κ2) is 5.67. The molecule has 0 atom stereocenters. The van der Waals surface area contributed by atoms with Gasteiger partial charge in [0.05, 0.1) is 12.9 Å². The Morgan fingerprint density at radius 3 is 2.95 bits per heavy atom. The van der Waals surface area contributed by atoms with Gasteiger partial charge < -0.3 is 13.9 Å². The van der Waals surface area contributed by atoms with Crippen LogP contribution in [0.15, 0.2) is 22.8 Å². The number of esters is 1. The number of carbonyl (C=O) groups excluding carboxylic acids is 1. The molecule has 118 valence electrons. The van der Waals surface area contributed by atoms with Gasteiger partial charge in [0.25, 0.3) is 0 Å². The van der Waals surface area contributed by atoms with Crippen LogP contribution in [0.25, 0.3) is 11.0 Å². The summed E-state index contributed by atoms with van der Waals surface area (Å²) in [6.45, 7) is 6.12. The molecule has 0 unspecified atom stereocenters. The highest BCUT2D eigenvalue weighted by Crippen LogP contribution is 2.39. The molecule has 1 aromatic carbocycles. The number of carbonyl (C=O) groups is 1. The number of aryl methyl sites for hydroxylation is 2. The first-order chi connectivity index (χ1) is 10.5. The van der Waals surface area contributed by atoms with Crippen molar-refractivity contribution < 1.29 is 18.7 Å². The average molecular weight is 302 g/mol.